The molecule has 1 unspecified atom stereocenters. The van der Waals surface area contributed by atoms with Crippen molar-refractivity contribution >= 4 is 22.7 Å². The number of hydrogen-bond donors (Lipinski definition) is 2. The molecule has 0 aliphatic rings. The molecule has 0 spiro atoms. The molecule has 152 valence electrons. The summed E-state index contributed by atoms with van der Waals surface area (Å²) in [5.74, 6) is -6.26. The van der Waals surface area contributed by atoms with Gasteiger partial charge in [0.2, 0.25) is 5.91 Å². The van der Waals surface area contributed by atoms with Crippen LogP contribution in [0.2, 0.25) is 0 Å². The minimum atomic E-state index is -1.20. The molecule has 8 heteroatoms. The van der Waals surface area contributed by atoms with E-state index in [1.54, 1.807) is 0 Å². The Morgan fingerprint density at radius 1 is 1.14 bits per heavy atom. The minimum Gasteiger partial charge on any atom is -0.505 e. The standard InChI is InChI=1S/C21H19F3N2O3/c1-3-4-12(20(25)28)17-10(2)26(15-7-8-16(27)19(24)18(15)17)21(29)11-5-6-13(22)14(23)9-11/h5-9,12,27H,3-4H2,1-2H3,(H2,25,28). The van der Waals surface area contributed by atoms with Gasteiger partial charge in [-0.2, -0.15) is 0 Å². The Hall–Kier alpha value is -3.29. The number of fused-ring (bicyclic) bond motifs is 1. The third kappa shape index (κ3) is 3.35. The van der Waals surface area contributed by atoms with Gasteiger partial charge in [-0.1, -0.05) is 13.3 Å². The first-order valence-electron chi connectivity index (χ1n) is 9.00. The number of hydrogen-bond acceptors (Lipinski definition) is 3. The first-order chi connectivity index (χ1) is 13.7. The molecule has 0 saturated heterocycles. The van der Waals surface area contributed by atoms with Gasteiger partial charge in [-0.25, -0.2) is 13.2 Å². The zero-order chi connectivity index (χ0) is 21.5. The van der Waals surface area contributed by atoms with E-state index in [0.29, 0.717) is 12.8 Å². The van der Waals surface area contributed by atoms with Crippen molar-refractivity contribution in [3.05, 3.63) is 64.6 Å². The van der Waals surface area contributed by atoms with Crippen molar-refractivity contribution in [2.75, 3.05) is 0 Å². The number of halogens is 3. The number of phenolic OH excluding ortho intramolecular Hbond substituents is 1. The van der Waals surface area contributed by atoms with Crippen LogP contribution in [0, 0.1) is 24.4 Å². The first kappa shape index (κ1) is 20.4. The highest BCUT2D eigenvalue weighted by Gasteiger charge is 2.30. The number of phenols is 1. The number of amides is 1. The van der Waals surface area contributed by atoms with E-state index < -0.39 is 40.9 Å². The molecule has 29 heavy (non-hydrogen) atoms. The number of rotatable bonds is 5. The quantitative estimate of drug-likeness (QED) is 0.671. The molecular weight excluding hydrogens is 385 g/mol. The number of nitrogens with two attached hydrogens (primary N) is 1. The minimum absolute atomic E-state index is 0.0879. The van der Waals surface area contributed by atoms with Crippen LogP contribution >= 0.6 is 0 Å². The lowest BCUT2D eigenvalue weighted by Gasteiger charge is -2.14. The molecule has 1 atom stereocenters. The highest BCUT2D eigenvalue weighted by molar-refractivity contribution is 6.05. The second-order valence-electron chi connectivity index (χ2n) is 6.80. The molecule has 2 aromatic carbocycles. The van der Waals surface area contributed by atoms with Gasteiger partial charge >= 0.3 is 0 Å². The number of carbonyl (C=O) groups excluding carboxylic acids is 2. The maximum absolute atomic E-state index is 14.9. The maximum atomic E-state index is 14.9. The summed E-state index contributed by atoms with van der Waals surface area (Å²) in [4.78, 5) is 25.1. The van der Waals surface area contributed by atoms with Crippen molar-refractivity contribution in [3.8, 4) is 5.75 Å². The first-order valence-corrected chi connectivity index (χ1v) is 9.00. The van der Waals surface area contributed by atoms with E-state index in [-0.39, 0.29) is 27.7 Å². The summed E-state index contributed by atoms with van der Waals surface area (Å²) in [6.45, 7) is 3.33. The fraction of sp³-hybridized carbons (Fsp3) is 0.238. The van der Waals surface area contributed by atoms with E-state index in [1.165, 1.54) is 13.0 Å². The lowest BCUT2D eigenvalue weighted by atomic mass is 9.91. The molecule has 3 aromatic rings. The summed E-state index contributed by atoms with van der Waals surface area (Å²) >= 11 is 0. The number of nitrogens with zero attached hydrogens (tertiary/aromatic N) is 1. The molecule has 3 rings (SSSR count). The summed E-state index contributed by atoms with van der Waals surface area (Å²) in [5, 5.41) is 9.74. The average molecular weight is 404 g/mol. The largest absolute Gasteiger partial charge is 0.505 e. The smallest absolute Gasteiger partial charge is 0.262 e. The zero-order valence-electron chi connectivity index (χ0n) is 15.8. The Bertz CT molecular complexity index is 1140. The van der Waals surface area contributed by atoms with Gasteiger partial charge in [0.1, 0.15) is 0 Å². The lowest BCUT2D eigenvalue weighted by molar-refractivity contribution is -0.119. The van der Waals surface area contributed by atoms with Crippen LogP contribution < -0.4 is 5.73 Å². The Balaban J connectivity index is 2.35. The topological polar surface area (TPSA) is 85.3 Å². The Morgan fingerprint density at radius 3 is 2.41 bits per heavy atom. The van der Waals surface area contributed by atoms with E-state index in [1.807, 2.05) is 6.92 Å². The van der Waals surface area contributed by atoms with E-state index in [4.69, 9.17) is 5.73 Å². The molecular formula is C21H19F3N2O3. The van der Waals surface area contributed by atoms with Crippen molar-refractivity contribution < 1.29 is 27.9 Å². The van der Waals surface area contributed by atoms with Crippen LogP contribution in [0.5, 0.6) is 5.75 Å². The van der Waals surface area contributed by atoms with Gasteiger partial charge in [-0.3, -0.25) is 14.2 Å². The van der Waals surface area contributed by atoms with Crippen LogP contribution in [-0.2, 0) is 4.79 Å². The van der Waals surface area contributed by atoms with Crippen LogP contribution in [0.15, 0.2) is 30.3 Å². The highest BCUT2D eigenvalue weighted by atomic mass is 19.2. The summed E-state index contributed by atoms with van der Waals surface area (Å²) in [6, 6.07) is 5.08. The number of aromatic nitrogens is 1. The van der Waals surface area contributed by atoms with Crippen molar-refractivity contribution in [2.45, 2.75) is 32.6 Å². The molecule has 1 amide bonds. The molecule has 0 bridgehead atoms. The van der Waals surface area contributed by atoms with Crippen molar-refractivity contribution in [1.29, 1.82) is 0 Å². The lowest BCUT2D eigenvalue weighted by Crippen LogP contribution is -2.22. The molecule has 0 aliphatic heterocycles. The third-order valence-electron chi connectivity index (χ3n) is 4.97. The molecule has 0 fully saturated rings. The van der Waals surface area contributed by atoms with Crippen molar-refractivity contribution in [3.63, 3.8) is 0 Å². The van der Waals surface area contributed by atoms with Crippen LogP contribution in [0.25, 0.3) is 10.9 Å². The fourth-order valence-electron chi connectivity index (χ4n) is 3.64. The maximum Gasteiger partial charge on any atom is 0.262 e. The van der Waals surface area contributed by atoms with Crippen LogP contribution in [0.4, 0.5) is 13.2 Å². The summed E-state index contributed by atoms with van der Waals surface area (Å²) in [5.41, 5.74) is 5.88. The summed E-state index contributed by atoms with van der Waals surface area (Å²) in [6.07, 6.45) is 0.876. The van der Waals surface area contributed by atoms with Crippen LogP contribution in [0.1, 0.15) is 47.3 Å². The van der Waals surface area contributed by atoms with Gasteiger partial charge in [0, 0.05) is 16.6 Å². The van der Waals surface area contributed by atoms with Crippen LogP contribution in [-0.4, -0.2) is 21.5 Å². The number of benzene rings is 2. The van der Waals surface area contributed by atoms with E-state index in [2.05, 4.69) is 0 Å². The number of aromatic hydroxyl groups is 1. The van der Waals surface area contributed by atoms with Gasteiger partial charge in [0.25, 0.3) is 5.91 Å². The van der Waals surface area contributed by atoms with Gasteiger partial charge < -0.3 is 10.8 Å². The monoisotopic (exact) mass is 404 g/mol. The third-order valence-corrected chi connectivity index (χ3v) is 4.97. The summed E-state index contributed by atoms with van der Waals surface area (Å²) in [7, 11) is 0. The molecule has 0 radical (unpaired) electrons. The van der Waals surface area contributed by atoms with Crippen LogP contribution in [0.3, 0.4) is 0 Å². The Labute approximate surface area is 164 Å². The number of primary amides is 1. The van der Waals surface area contributed by atoms with Crippen molar-refractivity contribution in [2.24, 2.45) is 5.73 Å². The summed E-state index contributed by atoms with van der Waals surface area (Å²) < 4.78 is 42.9. The Morgan fingerprint density at radius 2 is 1.83 bits per heavy atom. The van der Waals surface area contributed by atoms with Crippen molar-refractivity contribution in [1.82, 2.24) is 4.57 Å². The highest BCUT2D eigenvalue weighted by Crippen LogP contribution is 2.38. The van der Waals surface area contributed by atoms with Gasteiger partial charge in [0.05, 0.1) is 11.4 Å². The van der Waals surface area contributed by atoms with E-state index >= 15 is 0 Å². The molecule has 0 aliphatic carbocycles. The van der Waals surface area contributed by atoms with Gasteiger partial charge in [-0.15, -0.1) is 0 Å². The predicted octanol–water partition coefficient (Wildman–Crippen LogP) is 4.13. The van der Waals surface area contributed by atoms with E-state index in [0.717, 1.165) is 28.8 Å². The molecule has 5 nitrogen and oxygen atoms in total. The second-order valence-corrected chi connectivity index (χ2v) is 6.80. The normalized spacial score (nSPS) is 12.3. The molecule has 0 saturated carbocycles. The zero-order valence-corrected chi connectivity index (χ0v) is 15.8. The van der Waals surface area contributed by atoms with Gasteiger partial charge in [-0.05, 0) is 49.2 Å². The van der Waals surface area contributed by atoms with E-state index in [9.17, 15) is 27.9 Å². The second kappa shape index (κ2) is 7.62. The van der Waals surface area contributed by atoms with Gasteiger partial charge in [0.15, 0.2) is 23.2 Å². The SMILES string of the molecule is CCCC(C(N)=O)c1c(C)n(C(=O)c2ccc(F)c(F)c2)c2ccc(O)c(F)c12. The predicted molar refractivity (Wildman–Crippen MR) is 101 cm³/mol. The number of carbonyl (C=O) groups is 2. The molecule has 1 heterocycles. The Kier molecular flexibility index (Phi) is 5.37. The molecule has 1 aromatic heterocycles. The average Bonchev–Trinajstić information content (AvgIpc) is 2.96. The fourth-order valence-corrected chi connectivity index (χ4v) is 3.64. The molecule has 3 N–H and O–H groups in total.